The van der Waals surface area contributed by atoms with Crippen LogP contribution in [-0.4, -0.2) is 31.1 Å². The van der Waals surface area contributed by atoms with Crippen molar-refractivity contribution in [3.63, 3.8) is 0 Å². The van der Waals surface area contributed by atoms with Crippen LogP contribution in [0.4, 0.5) is 0 Å². The van der Waals surface area contributed by atoms with E-state index in [1.54, 1.807) is 18.3 Å². The minimum atomic E-state index is -0.177. The van der Waals surface area contributed by atoms with Crippen molar-refractivity contribution >= 4 is 35.5 Å². The van der Waals surface area contributed by atoms with Gasteiger partial charge in [0.2, 0.25) is 5.91 Å². The van der Waals surface area contributed by atoms with E-state index < -0.39 is 0 Å². The van der Waals surface area contributed by atoms with Gasteiger partial charge in [-0.2, -0.15) is 5.10 Å². The molecule has 7 heteroatoms. The topological polar surface area (TPSA) is 59.9 Å². The molecule has 5 nitrogen and oxygen atoms in total. The van der Waals surface area contributed by atoms with E-state index in [1.807, 2.05) is 30.3 Å². The molecule has 2 aromatic carbocycles. The van der Waals surface area contributed by atoms with Crippen molar-refractivity contribution < 1.29 is 14.3 Å². The molecule has 1 aliphatic heterocycles. The predicted octanol–water partition coefficient (Wildman–Crippen LogP) is 3.35. The number of rotatable bonds is 5. The second-order valence-corrected chi connectivity index (χ2v) is 6.42. The summed E-state index contributed by atoms with van der Waals surface area (Å²) in [6, 6.07) is 12.8. The number of benzene rings is 2. The second-order valence-electron chi connectivity index (χ2n) is 4.94. The van der Waals surface area contributed by atoms with Gasteiger partial charge in [-0.1, -0.05) is 11.6 Å². The number of hydrogen-bond donors (Lipinski definition) is 1. The molecule has 0 atom stereocenters. The summed E-state index contributed by atoms with van der Waals surface area (Å²) in [6.07, 6.45) is 1.57. The van der Waals surface area contributed by atoms with E-state index in [2.05, 4.69) is 10.5 Å². The largest absolute Gasteiger partial charge is 0.486 e. The van der Waals surface area contributed by atoms with Crippen LogP contribution in [0, 0.1) is 0 Å². The van der Waals surface area contributed by atoms with Crippen LogP contribution in [0.2, 0.25) is 5.02 Å². The molecule has 0 unspecified atom stereocenters. The van der Waals surface area contributed by atoms with E-state index in [-0.39, 0.29) is 11.7 Å². The summed E-state index contributed by atoms with van der Waals surface area (Å²) in [5.74, 6) is 1.51. The van der Waals surface area contributed by atoms with Crippen LogP contribution in [0.15, 0.2) is 52.5 Å². The van der Waals surface area contributed by atoms with Crippen molar-refractivity contribution in [2.45, 2.75) is 4.90 Å². The first-order valence-electron chi connectivity index (χ1n) is 7.30. The first-order chi connectivity index (χ1) is 11.7. The maximum absolute atomic E-state index is 11.8. The molecule has 0 saturated carbocycles. The van der Waals surface area contributed by atoms with Crippen LogP contribution in [0.5, 0.6) is 11.5 Å². The molecule has 24 heavy (non-hydrogen) atoms. The average Bonchev–Trinajstić information content (AvgIpc) is 2.61. The summed E-state index contributed by atoms with van der Waals surface area (Å²) < 4.78 is 11.0. The average molecular weight is 363 g/mol. The number of halogens is 1. The lowest BCUT2D eigenvalue weighted by Crippen LogP contribution is -2.19. The highest BCUT2D eigenvalue weighted by atomic mass is 35.5. The minimum Gasteiger partial charge on any atom is -0.486 e. The van der Waals surface area contributed by atoms with E-state index in [0.29, 0.717) is 24.0 Å². The lowest BCUT2D eigenvalue weighted by Gasteiger charge is -2.18. The Morgan fingerprint density at radius 2 is 1.92 bits per heavy atom. The minimum absolute atomic E-state index is 0.177. The van der Waals surface area contributed by atoms with Gasteiger partial charge in [0, 0.05) is 9.92 Å². The monoisotopic (exact) mass is 362 g/mol. The van der Waals surface area contributed by atoms with E-state index in [1.165, 1.54) is 11.8 Å². The number of carbonyl (C=O) groups excluding carboxylic acids is 1. The molecular weight excluding hydrogens is 348 g/mol. The number of nitrogens with zero attached hydrogens (tertiary/aromatic N) is 1. The third-order valence-corrected chi connectivity index (χ3v) is 4.42. The van der Waals surface area contributed by atoms with Crippen LogP contribution < -0.4 is 14.9 Å². The van der Waals surface area contributed by atoms with Crippen LogP contribution in [0.1, 0.15) is 5.56 Å². The van der Waals surface area contributed by atoms with Gasteiger partial charge < -0.3 is 9.47 Å². The fourth-order valence-electron chi connectivity index (χ4n) is 2.03. The zero-order valence-corrected chi connectivity index (χ0v) is 14.3. The number of thioether (sulfide) groups is 1. The number of carbonyl (C=O) groups is 1. The second kappa shape index (κ2) is 8.08. The number of hydrogen-bond acceptors (Lipinski definition) is 5. The molecule has 0 aromatic heterocycles. The van der Waals surface area contributed by atoms with E-state index >= 15 is 0 Å². The first kappa shape index (κ1) is 16.7. The summed E-state index contributed by atoms with van der Waals surface area (Å²) >= 11 is 7.24. The Bertz CT molecular complexity index is 750. The molecule has 0 fully saturated rings. The lowest BCUT2D eigenvalue weighted by molar-refractivity contribution is -0.118. The summed E-state index contributed by atoms with van der Waals surface area (Å²) in [7, 11) is 0. The Morgan fingerprint density at radius 3 is 2.71 bits per heavy atom. The highest BCUT2D eigenvalue weighted by Gasteiger charge is 2.10. The zero-order chi connectivity index (χ0) is 16.8. The standard InChI is InChI=1S/C17H15ClN2O3S/c18-13-2-4-14(5-3-13)24-11-17(21)20-19-10-12-1-6-15-16(9-12)23-8-7-22-15/h1-6,9-10H,7-8,11H2,(H,20,21)/b19-10-. The van der Waals surface area contributed by atoms with Crippen molar-refractivity contribution in [1.82, 2.24) is 5.43 Å². The molecule has 3 rings (SSSR count). The van der Waals surface area contributed by atoms with Gasteiger partial charge in [-0.05, 0) is 48.0 Å². The number of nitrogens with one attached hydrogen (secondary N) is 1. The van der Waals surface area contributed by atoms with Gasteiger partial charge in [-0.15, -0.1) is 11.8 Å². The summed E-state index contributed by atoms with van der Waals surface area (Å²) in [5.41, 5.74) is 3.33. The Kier molecular flexibility index (Phi) is 5.61. The molecular formula is C17H15ClN2O3S. The molecule has 1 N–H and O–H groups in total. The van der Waals surface area contributed by atoms with Crippen molar-refractivity contribution in [1.29, 1.82) is 0 Å². The highest BCUT2D eigenvalue weighted by molar-refractivity contribution is 8.00. The van der Waals surface area contributed by atoms with E-state index in [4.69, 9.17) is 21.1 Å². The van der Waals surface area contributed by atoms with Gasteiger partial charge in [0.05, 0.1) is 12.0 Å². The smallest absolute Gasteiger partial charge is 0.250 e. The van der Waals surface area contributed by atoms with Crippen molar-refractivity contribution in [3.05, 3.63) is 53.1 Å². The van der Waals surface area contributed by atoms with Crippen LogP contribution >= 0.6 is 23.4 Å². The molecule has 0 bridgehead atoms. The summed E-state index contributed by atoms with van der Waals surface area (Å²) in [6.45, 7) is 1.09. The normalized spacial score (nSPS) is 13.0. The molecule has 124 valence electrons. The van der Waals surface area contributed by atoms with E-state index in [9.17, 15) is 4.79 Å². The molecule has 0 aliphatic carbocycles. The predicted molar refractivity (Wildman–Crippen MR) is 95.3 cm³/mol. The number of ether oxygens (including phenoxy) is 2. The zero-order valence-electron chi connectivity index (χ0n) is 12.7. The SMILES string of the molecule is O=C(CSc1ccc(Cl)cc1)N/N=C\c1ccc2c(c1)OCCO2. The van der Waals surface area contributed by atoms with Crippen LogP contribution in [0.3, 0.4) is 0 Å². The van der Waals surface area contributed by atoms with Gasteiger partial charge in [0.1, 0.15) is 13.2 Å². The number of fused-ring (bicyclic) bond motifs is 1. The fourth-order valence-corrected chi connectivity index (χ4v) is 2.85. The van der Waals surface area contributed by atoms with Crippen LogP contribution in [0.25, 0.3) is 0 Å². The highest BCUT2D eigenvalue weighted by Crippen LogP contribution is 2.30. The van der Waals surface area contributed by atoms with Crippen molar-refractivity contribution in [2.75, 3.05) is 19.0 Å². The maximum atomic E-state index is 11.8. The molecule has 0 saturated heterocycles. The van der Waals surface area contributed by atoms with Crippen molar-refractivity contribution in [3.8, 4) is 11.5 Å². The molecule has 0 radical (unpaired) electrons. The Balaban J connectivity index is 1.48. The molecule has 1 amide bonds. The number of amides is 1. The third kappa shape index (κ3) is 4.66. The van der Waals surface area contributed by atoms with Crippen LogP contribution in [-0.2, 0) is 4.79 Å². The quantitative estimate of drug-likeness (QED) is 0.503. The summed E-state index contributed by atoms with van der Waals surface area (Å²) in [5, 5.41) is 4.64. The Labute approximate surface area is 149 Å². The van der Waals surface area contributed by atoms with Gasteiger partial charge in [-0.3, -0.25) is 4.79 Å². The van der Waals surface area contributed by atoms with Gasteiger partial charge in [0.15, 0.2) is 11.5 Å². The molecule has 2 aromatic rings. The summed E-state index contributed by atoms with van der Waals surface area (Å²) in [4.78, 5) is 12.8. The molecule has 1 aliphatic rings. The first-order valence-corrected chi connectivity index (χ1v) is 8.67. The molecule has 1 heterocycles. The van der Waals surface area contributed by atoms with Gasteiger partial charge >= 0.3 is 0 Å². The van der Waals surface area contributed by atoms with Gasteiger partial charge in [-0.25, -0.2) is 5.43 Å². The van der Waals surface area contributed by atoms with E-state index in [0.717, 1.165) is 16.2 Å². The Hall–Kier alpha value is -2.18. The molecule has 0 spiro atoms. The van der Waals surface area contributed by atoms with Crippen molar-refractivity contribution in [2.24, 2.45) is 5.10 Å². The van der Waals surface area contributed by atoms with Gasteiger partial charge in [0.25, 0.3) is 0 Å². The maximum Gasteiger partial charge on any atom is 0.250 e. The third-order valence-electron chi connectivity index (χ3n) is 3.15. The lowest BCUT2D eigenvalue weighted by atomic mass is 10.2. The Morgan fingerprint density at radius 1 is 1.17 bits per heavy atom. The fraction of sp³-hybridized carbons (Fsp3) is 0.176. The number of hydrazone groups is 1.